The summed E-state index contributed by atoms with van der Waals surface area (Å²) in [5.41, 5.74) is 0. The van der Waals surface area contributed by atoms with Gasteiger partial charge in [0.25, 0.3) is 0 Å². The van der Waals surface area contributed by atoms with Crippen molar-refractivity contribution in [2.45, 2.75) is 45.2 Å². The minimum atomic E-state index is -0.405. The van der Waals surface area contributed by atoms with Crippen molar-refractivity contribution in [1.82, 2.24) is 10.2 Å². The molecule has 0 spiro atoms. The molecule has 2 unspecified atom stereocenters. The van der Waals surface area contributed by atoms with Crippen LogP contribution < -0.4 is 5.32 Å². The minimum Gasteiger partial charge on any atom is -0.467 e. The SMILES string of the molecule is CCCC1NC(=O)CCN(C(C)c2ccco2)C1=O. The molecule has 1 fully saturated rings. The van der Waals surface area contributed by atoms with Crippen LogP contribution in [0.15, 0.2) is 22.8 Å². The summed E-state index contributed by atoms with van der Waals surface area (Å²) in [6.07, 6.45) is 3.48. The third-order valence-corrected chi connectivity index (χ3v) is 3.50. The lowest BCUT2D eigenvalue weighted by Crippen LogP contribution is -2.45. The Labute approximate surface area is 113 Å². The van der Waals surface area contributed by atoms with Crippen LogP contribution in [0.2, 0.25) is 0 Å². The van der Waals surface area contributed by atoms with Gasteiger partial charge in [-0.1, -0.05) is 13.3 Å². The average molecular weight is 264 g/mol. The smallest absolute Gasteiger partial charge is 0.245 e. The van der Waals surface area contributed by atoms with E-state index in [2.05, 4.69) is 5.32 Å². The molecule has 1 saturated heterocycles. The molecule has 2 heterocycles. The molecule has 0 saturated carbocycles. The van der Waals surface area contributed by atoms with Gasteiger partial charge < -0.3 is 14.6 Å². The van der Waals surface area contributed by atoms with E-state index in [4.69, 9.17) is 4.42 Å². The summed E-state index contributed by atoms with van der Waals surface area (Å²) in [4.78, 5) is 25.9. The van der Waals surface area contributed by atoms with E-state index in [1.165, 1.54) is 0 Å². The van der Waals surface area contributed by atoms with Crippen LogP contribution in [0, 0.1) is 0 Å². The lowest BCUT2D eigenvalue weighted by atomic mass is 10.1. The molecule has 2 amide bonds. The highest BCUT2D eigenvalue weighted by Gasteiger charge is 2.32. The van der Waals surface area contributed by atoms with Gasteiger partial charge in [-0.3, -0.25) is 9.59 Å². The minimum absolute atomic E-state index is 0.0170. The van der Waals surface area contributed by atoms with Gasteiger partial charge in [-0.25, -0.2) is 0 Å². The zero-order chi connectivity index (χ0) is 13.8. The molecule has 0 aromatic carbocycles. The van der Waals surface area contributed by atoms with E-state index in [1.807, 2.05) is 19.9 Å². The zero-order valence-corrected chi connectivity index (χ0v) is 11.4. The average Bonchev–Trinajstić information content (AvgIpc) is 2.87. The standard InChI is InChI=1S/C14H20N2O3/c1-3-5-11-14(18)16(8-7-13(17)15-11)10(2)12-6-4-9-19-12/h4,6,9-11H,3,5,7-8H2,1-2H3,(H,15,17). The summed E-state index contributed by atoms with van der Waals surface area (Å²) >= 11 is 0. The number of amides is 2. The molecule has 104 valence electrons. The van der Waals surface area contributed by atoms with Gasteiger partial charge in [0.2, 0.25) is 11.8 Å². The maximum atomic E-state index is 12.5. The van der Waals surface area contributed by atoms with Crippen molar-refractivity contribution in [3.8, 4) is 0 Å². The van der Waals surface area contributed by atoms with Gasteiger partial charge in [-0.2, -0.15) is 0 Å². The quantitative estimate of drug-likeness (QED) is 0.902. The molecule has 1 aliphatic rings. The van der Waals surface area contributed by atoms with Crippen molar-refractivity contribution in [1.29, 1.82) is 0 Å². The van der Waals surface area contributed by atoms with Gasteiger partial charge in [-0.05, 0) is 25.5 Å². The lowest BCUT2D eigenvalue weighted by Gasteiger charge is -2.28. The third-order valence-electron chi connectivity index (χ3n) is 3.50. The predicted molar refractivity (Wildman–Crippen MR) is 70.3 cm³/mol. The molecular formula is C14H20N2O3. The Morgan fingerprint density at radius 3 is 2.95 bits per heavy atom. The first-order chi connectivity index (χ1) is 9.13. The van der Waals surface area contributed by atoms with E-state index in [1.54, 1.807) is 17.2 Å². The fourth-order valence-electron chi connectivity index (χ4n) is 2.41. The van der Waals surface area contributed by atoms with Crippen LogP contribution in [0.25, 0.3) is 0 Å². The molecule has 5 heteroatoms. The van der Waals surface area contributed by atoms with Crippen LogP contribution in [0.1, 0.15) is 44.9 Å². The number of hydrogen-bond acceptors (Lipinski definition) is 3. The van der Waals surface area contributed by atoms with Crippen molar-refractivity contribution < 1.29 is 14.0 Å². The number of nitrogens with zero attached hydrogens (tertiary/aromatic N) is 1. The van der Waals surface area contributed by atoms with Gasteiger partial charge in [0.1, 0.15) is 11.8 Å². The van der Waals surface area contributed by atoms with Crippen molar-refractivity contribution in [2.75, 3.05) is 6.54 Å². The molecule has 5 nitrogen and oxygen atoms in total. The van der Waals surface area contributed by atoms with Crippen LogP contribution in [-0.2, 0) is 9.59 Å². The summed E-state index contributed by atoms with van der Waals surface area (Å²) in [6, 6.07) is 3.11. The number of nitrogens with one attached hydrogen (secondary N) is 1. The molecule has 1 aromatic heterocycles. The van der Waals surface area contributed by atoms with E-state index >= 15 is 0 Å². The fraction of sp³-hybridized carbons (Fsp3) is 0.571. The largest absolute Gasteiger partial charge is 0.467 e. The number of furan rings is 1. The van der Waals surface area contributed by atoms with Crippen molar-refractivity contribution in [3.63, 3.8) is 0 Å². The molecule has 1 aromatic rings. The van der Waals surface area contributed by atoms with Crippen molar-refractivity contribution >= 4 is 11.8 Å². The van der Waals surface area contributed by atoms with Gasteiger partial charge in [-0.15, -0.1) is 0 Å². The zero-order valence-electron chi connectivity index (χ0n) is 11.4. The highest BCUT2D eigenvalue weighted by molar-refractivity contribution is 5.90. The molecule has 19 heavy (non-hydrogen) atoms. The number of hydrogen-bond donors (Lipinski definition) is 1. The number of carbonyl (C=O) groups is 2. The molecule has 0 aliphatic carbocycles. The van der Waals surface area contributed by atoms with Crippen LogP contribution in [-0.4, -0.2) is 29.3 Å². The Morgan fingerprint density at radius 1 is 1.53 bits per heavy atom. The first kappa shape index (κ1) is 13.6. The molecule has 0 bridgehead atoms. The molecular weight excluding hydrogens is 244 g/mol. The molecule has 2 atom stereocenters. The molecule has 1 N–H and O–H groups in total. The maximum absolute atomic E-state index is 12.5. The first-order valence-corrected chi connectivity index (χ1v) is 6.76. The van der Waals surface area contributed by atoms with Crippen molar-refractivity contribution in [3.05, 3.63) is 24.2 Å². The predicted octanol–water partition coefficient (Wildman–Crippen LogP) is 1.86. The number of rotatable bonds is 4. The normalized spacial score (nSPS) is 22.0. The lowest BCUT2D eigenvalue weighted by molar-refractivity contribution is -0.135. The second kappa shape index (κ2) is 5.91. The molecule has 2 rings (SSSR count). The van der Waals surface area contributed by atoms with Crippen LogP contribution >= 0.6 is 0 Å². The topological polar surface area (TPSA) is 62.6 Å². The fourth-order valence-corrected chi connectivity index (χ4v) is 2.41. The van der Waals surface area contributed by atoms with E-state index in [0.29, 0.717) is 19.4 Å². The first-order valence-electron chi connectivity index (χ1n) is 6.76. The maximum Gasteiger partial charge on any atom is 0.245 e. The third kappa shape index (κ3) is 2.97. The van der Waals surface area contributed by atoms with E-state index in [0.717, 1.165) is 12.2 Å². The summed E-state index contributed by atoms with van der Waals surface area (Å²) in [5.74, 6) is 0.676. The van der Waals surface area contributed by atoms with Crippen LogP contribution in [0.4, 0.5) is 0 Å². The van der Waals surface area contributed by atoms with E-state index in [-0.39, 0.29) is 17.9 Å². The summed E-state index contributed by atoms with van der Waals surface area (Å²) in [7, 11) is 0. The summed E-state index contributed by atoms with van der Waals surface area (Å²) in [5, 5.41) is 2.80. The summed E-state index contributed by atoms with van der Waals surface area (Å²) in [6.45, 7) is 4.37. The summed E-state index contributed by atoms with van der Waals surface area (Å²) < 4.78 is 5.36. The second-order valence-electron chi connectivity index (χ2n) is 4.88. The Bertz CT molecular complexity index is 442. The van der Waals surface area contributed by atoms with Crippen LogP contribution in [0.3, 0.4) is 0 Å². The number of carbonyl (C=O) groups excluding carboxylic acids is 2. The van der Waals surface area contributed by atoms with Gasteiger partial charge in [0, 0.05) is 13.0 Å². The van der Waals surface area contributed by atoms with Gasteiger partial charge >= 0.3 is 0 Å². The Hall–Kier alpha value is -1.78. The highest BCUT2D eigenvalue weighted by atomic mass is 16.3. The molecule has 1 aliphatic heterocycles. The van der Waals surface area contributed by atoms with Gasteiger partial charge in [0.15, 0.2) is 0 Å². The molecule has 0 radical (unpaired) electrons. The Morgan fingerprint density at radius 2 is 2.32 bits per heavy atom. The Balaban J connectivity index is 2.18. The van der Waals surface area contributed by atoms with Crippen molar-refractivity contribution in [2.24, 2.45) is 0 Å². The van der Waals surface area contributed by atoms with Crippen LogP contribution in [0.5, 0.6) is 0 Å². The van der Waals surface area contributed by atoms with E-state index < -0.39 is 6.04 Å². The Kier molecular flexibility index (Phi) is 4.24. The van der Waals surface area contributed by atoms with E-state index in [9.17, 15) is 9.59 Å². The second-order valence-corrected chi connectivity index (χ2v) is 4.88. The van der Waals surface area contributed by atoms with Gasteiger partial charge in [0.05, 0.1) is 12.3 Å². The monoisotopic (exact) mass is 264 g/mol. The highest BCUT2D eigenvalue weighted by Crippen LogP contribution is 2.23.